The second-order valence-corrected chi connectivity index (χ2v) is 7.05. The first kappa shape index (κ1) is 17.8. The average Bonchev–Trinajstić information content (AvgIpc) is 2.40. The Hall–Kier alpha value is -1.30. The summed E-state index contributed by atoms with van der Waals surface area (Å²) in [6.45, 7) is 18.0. The van der Waals surface area contributed by atoms with E-state index in [0.29, 0.717) is 0 Å². The summed E-state index contributed by atoms with van der Waals surface area (Å²) in [5.74, 6) is 0. The maximum atomic E-state index is 2.41. The van der Waals surface area contributed by atoms with Crippen LogP contribution in [0.15, 0.2) is 23.3 Å². The highest BCUT2D eigenvalue weighted by Gasteiger charge is 2.19. The molecule has 0 atom stereocenters. The van der Waals surface area contributed by atoms with E-state index in [1.807, 2.05) is 0 Å². The number of rotatable bonds is 5. The quantitative estimate of drug-likeness (QED) is 0.548. The van der Waals surface area contributed by atoms with Crippen LogP contribution in [0.3, 0.4) is 0 Å². The fourth-order valence-corrected chi connectivity index (χ4v) is 2.67. The Morgan fingerprint density at radius 1 is 0.952 bits per heavy atom. The van der Waals surface area contributed by atoms with Crippen molar-refractivity contribution in [2.24, 2.45) is 5.41 Å². The van der Waals surface area contributed by atoms with Crippen LogP contribution in [-0.2, 0) is 0 Å². The van der Waals surface area contributed by atoms with Crippen molar-refractivity contribution in [3.05, 3.63) is 45.5 Å². The van der Waals surface area contributed by atoms with E-state index in [2.05, 4.69) is 79.7 Å². The molecule has 0 heteroatoms. The Bertz CT molecular complexity index is 550. The Kier molecular flexibility index (Phi) is 6.01. The molecular formula is C21H32. The summed E-state index contributed by atoms with van der Waals surface area (Å²) >= 11 is 0. The van der Waals surface area contributed by atoms with Gasteiger partial charge in [0.25, 0.3) is 0 Å². The molecule has 0 unspecified atom stereocenters. The van der Waals surface area contributed by atoms with Crippen LogP contribution in [-0.4, -0.2) is 0 Å². The molecule has 0 aliphatic heterocycles. The van der Waals surface area contributed by atoms with Crippen LogP contribution in [0.5, 0.6) is 0 Å². The normalized spacial score (nSPS) is 12.5. The maximum absolute atomic E-state index is 2.41. The number of benzene rings is 1. The van der Waals surface area contributed by atoms with Gasteiger partial charge in [0.2, 0.25) is 0 Å². The summed E-state index contributed by atoms with van der Waals surface area (Å²) < 4.78 is 0. The van der Waals surface area contributed by atoms with Gasteiger partial charge >= 0.3 is 0 Å². The molecule has 0 N–H and O–H groups in total. The van der Waals surface area contributed by atoms with Crippen molar-refractivity contribution in [3.63, 3.8) is 0 Å². The molecule has 0 nitrogen and oxygen atoms in total. The van der Waals surface area contributed by atoms with E-state index < -0.39 is 0 Å². The molecule has 1 aromatic rings. The van der Waals surface area contributed by atoms with Gasteiger partial charge in [0.05, 0.1) is 0 Å². The summed E-state index contributed by atoms with van der Waals surface area (Å²) in [5.41, 5.74) is 8.62. The minimum atomic E-state index is 0.285. The van der Waals surface area contributed by atoms with E-state index in [1.54, 1.807) is 5.57 Å². The molecule has 0 bridgehead atoms. The molecule has 0 aromatic heterocycles. The van der Waals surface area contributed by atoms with Crippen LogP contribution in [0, 0.1) is 19.3 Å². The van der Waals surface area contributed by atoms with Crippen LogP contribution < -0.4 is 0 Å². The van der Waals surface area contributed by atoms with Gasteiger partial charge in [-0.15, -0.1) is 0 Å². The van der Waals surface area contributed by atoms with Gasteiger partial charge in [-0.3, -0.25) is 0 Å². The number of hydrogen-bond donors (Lipinski definition) is 0. The van der Waals surface area contributed by atoms with E-state index in [1.165, 1.54) is 34.2 Å². The third-order valence-corrected chi connectivity index (χ3v) is 4.56. The number of aryl methyl sites for hydroxylation is 2. The van der Waals surface area contributed by atoms with E-state index in [9.17, 15) is 0 Å². The van der Waals surface area contributed by atoms with Crippen LogP contribution >= 0.6 is 0 Å². The van der Waals surface area contributed by atoms with Gasteiger partial charge in [-0.25, -0.2) is 0 Å². The molecule has 1 rings (SSSR count). The molecule has 0 radical (unpaired) electrons. The van der Waals surface area contributed by atoms with Gasteiger partial charge in [0.15, 0.2) is 0 Å². The molecule has 1 aromatic carbocycles. The van der Waals surface area contributed by atoms with Crippen molar-refractivity contribution in [2.45, 2.75) is 68.2 Å². The van der Waals surface area contributed by atoms with Crippen LogP contribution in [0.25, 0.3) is 12.2 Å². The molecular weight excluding hydrogens is 252 g/mol. The van der Waals surface area contributed by atoms with E-state index in [0.717, 1.165) is 6.42 Å². The average molecular weight is 284 g/mol. The van der Waals surface area contributed by atoms with Gasteiger partial charge < -0.3 is 0 Å². The van der Waals surface area contributed by atoms with Crippen molar-refractivity contribution in [2.75, 3.05) is 0 Å². The lowest BCUT2D eigenvalue weighted by Gasteiger charge is -2.26. The number of allylic oxidation sites excluding steroid dienone is 2. The Morgan fingerprint density at radius 3 is 1.81 bits per heavy atom. The van der Waals surface area contributed by atoms with Gasteiger partial charge in [0, 0.05) is 0 Å². The molecule has 21 heavy (non-hydrogen) atoms. The zero-order chi connectivity index (χ0) is 16.2. The predicted molar refractivity (Wildman–Crippen MR) is 97.6 cm³/mol. The summed E-state index contributed by atoms with van der Waals surface area (Å²) in [5, 5.41) is 0. The monoisotopic (exact) mass is 284 g/mol. The lowest BCUT2D eigenvalue weighted by atomic mass is 9.79. The highest BCUT2D eigenvalue weighted by molar-refractivity contribution is 5.65. The highest BCUT2D eigenvalue weighted by atomic mass is 14.2. The molecule has 0 aliphatic rings. The van der Waals surface area contributed by atoms with E-state index in [-0.39, 0.29) is 5.41 Å². The first-order chi connectivity index (χ1) is 9.71. The van der Waals surface area contributed by atoms with Gasteiger partial charge in [-0.05, 0) is 68.2 Å². The third kappa shape index (κ3) is 4.59. The first-order valence-electron chi connectivity index (χ1n) is 8.18. The largest absolute Gasteiger partial charge is 0.0758 e. The fraction of sp³-hybridized carbons (Fsp3) is 0.524. The molecule has 116 valence electrons. The molecule has 0 spiro atoms. The smallest absolute Gasteiger partial charge is 0.0144 e. The molecule has 0 saturated heterocycles. The maximum Gasteiger partial charge on any atom is -0.0144 e. The van der Waals surface area contributed by atoms with Crippen molar-refractivity contribution in [3.8, 4) is 0 Å². The van der Waals surface area contributed by atoms with E-state index >= 15 is 0 Å². The summed E-state index contributed by atoms with van der Waals surface area (Å²) in [7, 11) is 0. The zero-order valence-corrected chi connectivity index (χ0v) is 15.2. The molecule has 0 fully saturated rings. The second kappa shape index (κ2) is 7.11. The molecule has 0 aliphatic carbocycles. The van der Waals surface area contributed by atoms with Gasteiger partial charge in [-0.1, -0.05) is 63.1 Å². The summed E-state index contributed by atoms with van der Waals surface area (Å²) in [6.07, 6.45) is 6.99. The molecule has 0 heterocycles. The van der Waals surface area contributed by atoms with Crippen molar-refractivity contribution in [1.82, 2.24) is 0 Å². The standard InChI is InChI=1S/C21H32/c1-9-20(21(7,8)10-2)14-19-13-16(5)18(11-15(3)4)12-17(19)6/h11-14H,9-10H2,1-8H3/b20-14+. The topological polar surface area (TPSA) is 0 Å². The number of hydrogen-bond acceptors (Lipinski definition) is 0. The van der Waals surface area contributed by atoms with Gasteiger partial charge in [0.1, 0.15) is 0 Å². The third-order valence-electron chi connectivity index (χ3n) is 4.56. The molecule has 0 amide bonds. The lowest BCUT2D eigenvalue weighted by Crippen LogP contribution is -2.12. The van der Waals surface area contributed by atoms with Crippen LogP contribution in [0.1, 0.15) is 76.6 Å². The van der Waals surface area contributed by atoms with Crippen LogP contribution in [0.4, 0.5) is 0 Å². The van der Waals surface area contributed by atoms with Crippen molar-refractivity contribution in [1.29, 1.82) is 0 Å². The van der Waals surface area contributed by atoms with Gasteiger partial charge in [-0.2, -0.15) is 0 Å². The summed E-state index contributed by atoms with van der Waals surface area (Å²) in [6, 6.07) is 4.66. The Labute approximate surface area is 132 Å². The summed E-state index contributed by atoms with van der Waals surface area (Å²) in [4.78, 5) is 0. The van der Waals surface area contributed by atoms with Crippen molar-refractivity contribution >= 4 is 12.2 Å². The lowest BCUT2D eigenvalue weighted by molar-refractivity contribution is 0.421. The van der Waals surface area contributed by atoms with Crippen molar-refractivity contribution < 1.29 is 0 Å². The highest BCUT2D eigenvalue weighted by Crippen LogP contribution is 2.34. The Balaban J connectivity index is 3.33. The predicted octanol–water partition coefficient (Wildman–Crippen LogP) is 6.96. The fourth-order valence-electron chi connectivity index (χ4n) is 2.67. The SMILES string of the molecule is CC/C(=C\c1cc(C)c(C=C(C)C)cc1C)C(C)(C)CC. The van der Waals surface area contributed by atoms with Crippen LogP contribution in [0.2, 0.25) is 0 Å². The minimum Gasteiger partial charge on any atom is -0.0758 e. The zero-order valence-electron chi connectivity index (χ0n) is 15.2. The minimum absolute atomic E-state index is 0.285. The molecule has 0 saturated carbocycles. The van der Waals surface area contributed by atoms with E-state index in [4.69, 9.17) is 0 Å². The Morgan fingerprint density at radius 2 is 1.43 bits per heavy atom. The first-order valence-corrected chi connectivity index (χ1v) is 8.18. The second-order valence-electron chi connectivity index (χ2n) is 7.05.